The smallest absolute Gasteiger partial charge is 0.261 e. The van der Waals surface area contributed by atoms with Crippen molar-refractivity contribution in [1.29, 1.82) is 0 Å². The molecule has 2 amide bonds. The number of nitrogens with zero attached hydrogens (tertiary/aromatic N) is 2. The summed E-state index contributed by atoms with van der Waals surface area (Å²) in [5.41, 5.74) is 2.48. The summed E-state index contributed by atoms with van der Waals surface area (Å²) < 4.78 is 5.37. The van der Waals surface area contributed by atoms with Crippen molar-refractivity contribution in [2.75, 3.05) is 7.11 Å². The average molecular weight is 350 g/mol. The van der Waals surface area contributed by atoms with Crippen LogP contribution in [-0.2, 0) is 6.54 Å². The standard InChI is InChI=1S/C19H14N2O3S/c1-24-16-9-5-4-8-15(16)17-20-12(11-25-17)10-21-18(22)13-6-2-3-7-14(13)19(21)23/h2-9,11H,10H2,1H3. The topological polar surface area (TPSA) is 59.5 Å². The van der Waals surface area contributed by atoms with E-state index < -0.39 is 0 Å². The van der Waals surface area contributed by atoms with Crippen molar-refractivity contribution in [3.05, 3.63) is 70.7 Å². The maximum absolute atomic E-state index is 12.4. The highest BCUT2D eigenvalue weighted by Gasteiger charge is 2.35. The molecule has 3 aromatic rings. The minimum absolute atomic E-state index is 0.165. The van der Waals surface area contributed by atoms with Gasteiger partial charge in [0.15, 0.2) is 0 Å². The van der Waals surface area contributed by atoms with Crippen LogP contribution < -0.4 is 4.74 Å². The van der Waals surface area contributed by atoms with Gasteiger partial charge in [-0.1, -0.05) is 24.3 Å². The third-order valence-electron chi connectivity index (χ3n) is 4.09. The van der Waals surface area contributed by atoms with Crippen LogP contribution in [0.1, 0.15) is 26.4 Å². The summed E-state index contributed by atoms with van der Waals surface area (Å²) in [5, 5.41) is 2.66. The summed E-state index contributed by atoms with van der Waals surface area (Å²) in [5.74, 6) is 0.198. The second kappa shape index (κ2) is 6.14. The molecule has 0 radical (unpaired) electrons. The lowest BCUT2D eigenvalue weighted by molar-refractivity contribution is 0.0640. The van der Waals surface area contributed by atoms with Gasteiger partial charge in [0.25, 0.3) is 11.8 Å². The summed E-state index contributed by atoms with van der Waals surface area (Å²) >= 11 is 1.46. The summed E-state index contributed by atoms with van der Waals surface area (Å²) in [7, 11) is 1.62. The number of methoxy groups -OCH3 is 1. The molecule has 0 bridgehead atoms. The van der Waals surface area contributed by atoms with E-state index in [0.29, 0.717) is 16.8 Å². The first kappa shape index (κ1) is 15.5. The second-order valence-corrected chi connectivity index (χ2v) is 6.44. The van der Waals surface area contributed by atoms with Crippen molar-refractivity contribution in [3.63, 3.8) is 0 Å². The molecule has 2 heterocycles. The molecule has 0 saturated heterocycles. The fourth-order valence-electron chi connectivity index (χ4n) is 2.87. The molecule has 0 aliphatic carbocycles. The molecule has 0 unspecified atom stereocenters. The number of carbonyl (C=O) groups is 2. The first-order chi connectivity index (χ1) is 12.2. The molecule has 0 saturated carbocycles. The molecular formula is C19H14N2O3S. The van der Waals surface area contributed by atoms with Crippen LogP contribution >= 0.6 is 11.3 Å². The van der Waals surface area contributed by atoms with Gasteiger partial charge in [-0.05, 0) is 24.3 Å². The number of ether oxygens (including phenoxy) is 1. The Labute approximate surface area is 148 Å². The lowest BCUT2D eigenvalue weighted by Crippen LogP contribution is -2.29. The van der Waals surface area contributed by atoms with Gasteiger partial charge < -0.3 is 4.74 Å². The molecule has 0 fully saturated rings. The fourth-order valence-corrected chi connectivity index (χ4v) is 3.71. The number of rotatable bonds is 4. The predicted molar refractivity (Wildman–Crippen MR) is 94.7 cm³/mol. The number of hydrogen-bond donors (Lipinski definition) is 0. The van der Waals surface area contributed by atoms with Gasteiger partial charge in [-0.25, -0.2) is 4.98 Å². The summed E-state index contributed by atoms with van der Waals surface area (Å²) in [4.78, 5) is 30.7. The van der Waals surface area contributed by atoms with Crippen molar-refractivity contribution < 1.29 is 14.3 Å². The zero-order valence-electron chi connectivity index (χ0n) is 13.4. The Morgan fingerprint density at radius 2 is 1.56 bits per heavy atom. The first-order valence-corrected chi connectivity index (χ1v) is 8.60. The van der Waals surface area contributed by atoms with E-state index >= 15 is 0 Å². The van der Waals surface area contributed by atoms with Crippen LogP contribution in [0.3, 0.4) is 0 Å². The van der Waals surface area contributed by atoms with Gasteiger partial charge >= 0.3 is 0 Å². The van der Waals surface area contributed by atoms with Crippen molar-refractivity contribution in [3.8, 4) is 16.3 Å². The number of para-hydroxylation sites is 1. The first-order valence-electron chi connectivity index (χ1n) is 7.72. The Kier molecular flexibility index (Phi) is 3.82. The highest BCUT2D eigenvalue weighted by atomic mass is 32.1. The van der Waals surface area contributed by atoms with Crippen LogP contribution in [0.25, 0.3) is 10.6 Å². The predicted octanol–water partition coefficient (Wildman–Crippen LogP) is 3.61. The van der Waals surface area contributed by atoms with E-state index in [1.807, 2.05) is 29.6 Å². The summed E-state index contributed by atoms with van der Waals surface area (Å²) in [6.07, 6.45) is 0. The maximum atomic E-state index is 12.4. The monoisotopic (exact) mass is 350 g/mol. The fraction of sp³-hybridized carbons (Fsp3) is 0.105. The molecule has 5 nitrogen and oxygen atoms in total. The van der Waals surface area contributed by atoms with Gasteiger partial charge in [-0.15, -0.1) is 11.3 Å². The van der Waals surface area contributed by atoms with Crippen LogP contribution in [0.15, 0.2) is 53.9 Å². The third kappa shape index (κ3) is 2.60. The maximum Gasteiger partial charge on any atom is 0.261 e. The molecule has 4 rings (SSSR count). The largest absolute Gasteiger partial charge is 0.496 e. The molecule has 25 heavy (non-hydrogen) atoms. The van der Waals surface area contributed by atoms with Crippen molar-refractivity contribution in [2.45, 2.75) is 6.54 Å². The molecule has 2 aromatic carbocycles. The zero-order chi connectivity index (χ0) is 17.4. The highest BCUT2D eigenvalue weighted by Crippen LogP contribution is 2.32. The van der Waals surface area contributed by atoms with E-state index in [1.54, 1.807) is 31.4 Å². The van der Waals surface area contributed by atoms with E-state index in [-0.39, 0.29) is 18.4 Å². The van der Waals surface area contributed by atoms with Crippen LogP contribution in [0.5, 0.6) is 5.75 Å². The van der Waals surface area contributed by atoms with E-state index in [9.17, 15) is 9.59 Å². The van der Waals surface area contributed by atoms with Crippen molar-refractivity contribution in [2.24, 2.45) is 0 Å². The minimum Gasteiger partial charge on any atom is -0.496 e. The number of carbonyl (C=O) groups excluding carboxylic acids is 2. The lowest BCUT2D eigenvalue weighted by atomic mass is 10.1. The van der Waals surface area contributed by atoms with Gasteiger partial charge in [0.2, 0.25) is 0 Å². The van der Waals surface area contributed by atoms with Gasteiger partial charge in [0.05, 0.1) is 36.0 Å². The SMILES string of the molecule is COc1ccccc1-c1nc(CN2C(=O)c3ccccc3C2=O)cs1. The zero-order valence-corrected chi connectivity index (χ0v) is 14.2. The van der Waals surface area contributed by atoms with Crippen LogP contribution in [-0.4, -0.2) is 28.8 Å². The van der Waals surface area contributed by atoms with Crippen LogP contribution in [0.2, 0.25) is 0 Å². The molecule has 1 aliphatic heterocycles. The van der Waals surface area contributed by atoms with Gasteiger partial charge in [-0.3, -0.25) is 14.5 Å². The molecule has 0 spiro atoms. The Bertz CT molecular complexity index is 945. The molecule has 0 atom stereocenters. The van der Waals surface area contributed by atoms with E-state index in [0.717, 1.165) is 16.3 Å². The second-order valence-electron chi connectivity index (χ2n) is 5.59. The minimum atomic E-state index is -0.271. The molecule has 1 aromatic heterocycles. The Morgan fingerprint density at radius 1 is 0.960 bits per heavy atom. The summed E-state index contributed by atoms with van der Waals surface area (Å²) in [6.45, 7) is 0.165. The van der Waals surface area contributed by atoms with Gasteiger partial charge in [0, 0.05) is 5.38 Å². The Balaban J connectivity index is 1.61. The number of hydrogen-bond acceptors (Lipinski definition) is 5. The molecular weight excluding hydrogens is 336 g/mol. The summed E-state index contributed by atoms with van der Waals surface area (Å²) in [6, 6.07) is 14.5. The Hall–Kier alpha value is -2.99. The molecule has 6 heteroatoms. The van der Waals surface area contributed by atoms with Crippen molar-refractivity contribution in [1.82, 2.24) is 9.88 Å². The molecule has 1 aliphatic rings. The van der Waals surface area contributed by atoms with Crippen LogP contribution in [0.4, 0.5) is 0 Å². The van der Waals surface area contributed by atoms with E-state index in [4.69, 9.17) is 4.74 Å². The number of imide groups is 1. The lowest BCUT2D eigenvalue weighted by Gasteiger charge is -2.11. The quantitative estimate of drug-likeness (QED) is 0.675. The molecule has 0 N–H and O–H groups in total. The number of amides is 2. The number of fused-ring (bicyclic) bond motifs is 1. The van der Waals surface area contributed by atoms with E-state index in [1.165, 1.54) is 16.2 Å². The Morgan fingerprint density at radius 3 is 2.20 bits per heavy atom. The number of thiazole rings is 1. The van der Waals surface area contributed by atoms with E-state index in [2.05, 4.69) is 4.98 Å². The number of aromatic nitrogens is 1. The average Bonchev–Trinajstić information content (AvgIpc) is 3.21. The normalized spacial score (nSPS) is 13.2. The van der Waals surface area contributed by atoms with Gasteiger partial charge in [-0.2, -0.15) is 0 Å². The van der Waals surface area contributed by atoms with Crippen molar-refractivity contribution >= 4 is 23.2 Å². The third-order valence-corrected chi connectivity index (χ3v) is 5.01. The molecule has 124 valence electrons. The highest BCUT2D eigenvalue weighted by molar-refractivity contribution is 7.13. The number of benzene rings is 2. The van der Waals surface area contributed by atoms with Gasteiger partial charge in [0.1, 0.15) is 10.8 Å². The van der Waals surface area contributed by atoms with Crippen LogP contribution in [0, 0.1) is 0 Å².